The van der Waals surface area contributed by atoms with Gasteiger partial charge in [0.25, 0.3) is 5.91 Å². The van der Waals surface area contributed by atoms with Crippen molar-refractivity contribution in [1.82, 2.24) is 5.32 Å². The van der Waals surface area contributed by atoms with Crippen LogP contribution >= 0.6 is 0 Å². The molecule has 1 amide bonds. The lowest BCUT2D eigenvalue weighted by atomic mass is 10.1. The molecule has 0 aromatic heterocycles. The van der Waals surface area contributed by atoms with Crippen molar-refractivity contribution in [2.45, 2.75) is 20.5 Å². The number of aryl methyl sites for hydroxylation is 2. The fraction of sp³-hybridized carbons (Fsp3) is 0.208. The molecule has 4 nitrogen and oxygen atoms in total. The van der Waals surface area contributed by atoms with Crippen molar-refractivity contribution in [2.24, 2.45) is 0 Å². The Balaban J connectivity index is 1.47. The Morgan fingerprint density at radius 1 is 0.821 bits per heavy atom. The largest absolute Gasteiger partial charge is 0.492 e. The van der Waals surface area contributed by atoms with Crippen LogP contribution in [0, 0.1) is 13.8 Å². The summed E-state index contributed by atoms with van der Waals surface area (Å²) in [5.41, 5.74) is 3.97. The third-order valence-electron chi connectivity index (χ3n) is 4.20. The second-order valence-electron chi connectivity index (χ2n) is 6.73. The van der Waals surface area contributed by atoms with Gasteiger partial charge in [-0.2, -0.15) is 0 Å². The van der Waals surface area contributed by atoms with Gasteiger partial charge in [-0.05, 0) is 60.9 Å². The van der Waals surface area contributed by atoms with Gasteiger partial charge in [-0.15, -0.1) is 0 Å². The van der Waals surface area contributed by atoms with Crippen LogP contribution in [0.25, 0.3) is 0 Å². The van der Waals surface area contributed by atoms with E-state index in [0.29, 0.717) is 31.1 Å². The van der Waals surface area contributed by atoms with Gasteiger partial charge in [0, 0.05) is 5.56 Å². The average molecular weight is 375 g/mol. The Kier molecular flexibility index (Phi) is 6.68. The van der Waals surface area contributed by atoms with Crippen LogP contribution in [-0.4, -0.2) is 19.1 Å². The molecule has 0 aliphatic rings. The van der Waals surface area contributed by atoms with Gasteiger partial charge in [0.2, 0.25) is 0 Å². The van der Waals surface area contributed by atoms with E-state index in [9.17, 15) is 4.79 Å². The molecule has 0 aliphatic heterocycles. The van der Waals surface area contributed by atoms with Gasteiger partial charge in [-0.3, -0.25) is 4.79 Å². The molecule has 0 fully saturated rings. The molecule has 0 aliphatic carbocycles. The molecule has 0 heterocycles. The van der Waals surface area contributed by atoms with Crippen LogP contribution in [0.15, 0.2) is 72.8 Å². The summed E-state index contributed by atoms with van der Waals surface area (Å²) in [7, 11) is 0. The average Bonchev–Trinajstić information content (AvgIpc) is 2.70. The van der Waals surface area contributed by atoms with E-state index in [0.717, 1.165) is 22.4 Å². The Bertz CT molecular complexity index is 902. The fourth-order valence-corrected chi connectivity index (χ4v) is 2.92. The van der Waals surface area contributed by atoms with E-state index < -0.39 is 0 Å². The van der Waals surface area contributed by atoms with Crippen LogP contribution < -0.4 is 14.8 Å². The predicted molar refractivity (Wildman–Crippen MR) is 111 cm³/mol. The highest BCUT2D eigenvalue weighted by Gasteiger charge is 2.07. The minimum atomic E-state index is -0.144. The maximum absolute atomic E-state index is 12.4. The number of hydrogen-bond acceptors (Lipinski definition) is 3. The van der Waals surface area contributed by atoms with E-state index in [1.165, 1.54) is 0 Å². The Morgan fingerprint density at radius 3 is 2.32 bits per heavy atom. The highest BCUT2D eigenvalue weighted by atomic mass is 16.5. The van der Waals surface area contributed by atoms with Crippen LogP contribution in [-0.2, 0) is 6.61 Å². The van der Waals surface area contributed by atoms with Crippen molar-refractivity contribution in [1.29, 1.82) is 0 Å². The zero-order valence-electron chi connectivity index (χ0n) is 16.3. The second kappa shape index (κ2) is 9.60. The molecule has 0 atom stereocenters. The summed E-state index contributed by atoms with van der Waals surface area (Å²) < 4.78 is 11.5. The first-order valence-electron chi connectivity index (χ1n) is 9.36. The Morgan fingerprint density at radius 2 is 1.57 bits per heavy atom. The van der Waals surface area contributed by atoms with E-state index in [1.54, 1.807) is 12.1 Å². The SMILES string of the molecule is Cc1cc(C)cc(OCCNC(=O)c2cccc(OCc3ccccc3)c2)c1. The molecule has 28 heavy (non-hydrogen) atoms. The number of rotatable bonds is 8. The first kappa shape index (κ1) is 19.5. The van der Waals surface area contributed by atoms with E-state index in [1.807, 2.05) is 68.4 Å². The highest BCUT2D eigenvalue weighted by Crippen LogP contribution is 2.17. The van der Waals surface area contributed by atoms with Crippen molar-refractivity contribution >= 4 is 5.91 Å². The molecule has 4 heteroatoms. The highest BCUT2D eigenvalue weighted by molar-refractivity contribution is 5.94. The van der Waals surface area contributed by atoms with Gasteiger partial charge < -0.3 is 14.8 Å². The summed E-state index contributed by atoms with van der Waals surface area (Å²) in [6.07, 6.45) is 0. The summed E-state index contributed by atoms with van der Waals surface area (Å²) in [5.74, 6) is 1.35. The van der Waals surface area contributed by atoms with Crippen molar-refractivity contribution in [3.05, 3.63) is 95.1 Å². The molecule has 1 N–H and O–H groups in total. The number of nitrogens with one attached hydrogen (secondary N) is 1. The quantitative estimate of drug-likeness (QED) is 0.581. The predicted octanol–water partition coefficient (Wildman–Crippen LogP) is 4.69. The topological polar surface area (TPSA) is 47.6 Å². The summed E-state index contributed by atoms with van der Waals surface area (Å²) in [5, 5.41) is 2.88. The molecule has 3 aromatic carbocycles. The van der Waals surface area contributed by atoms with Crippen molar-refractivity contribution in [3.8, 4) is 11.5 Å². The number of carbonyl (C=O) groups excluding carboxylic acids is 1. The van der Waals surface area contributed by atoms with Crippen molar-refractivity contribution in [3.63, 3.8) is 0 Å². The Hall–Kier alpha value is -3.27. The van der Waals surface area contributed by atoms with Crippen LogP contribution in [0.5, 0.6) is 11.5 Å². The Labute approximate surface area is 166 Å². The van der Waals surface area contributed by atoms with Gasteiger partial charge in [0.15, 0.2) is 0 Å². The lowest BCUT2D eigenvalue weighted by Crippen LogP contribution is -2.28. The molecular weight excluding hydrogens is 350 g/mol. The van der Waals surface area contributed by atoms with Crippen LogP contribution in [0.3, 0.4) is 0 Å². The number of ether oxygens (including phenoxy) is 2. The van der Waals surface area contributed by atoms with Gasteiger partial charge in [-0.25, -0.2) is 0 Å². The van der Waals surface area contributed by atoms with E-state index >= 15 is 0 Å². The molecule has 0 bridgehead atoms. The van der Waals surface area contributed by atoms with E-state index in [2.05, 4.69) is 11.4 Å². The number of benzene rings is 3. The van der Waals surface area contributed by atoms with E-state index in [4.69, 9.17) is 9.47 Å². The smallest absolute Gasteiger partial charge is 0.251 e. The standard InChI is InChI=1S/C24H25NO3/c1-18-13-19(2)15-23(14-18)27-12-11-25-24(26)21-9-6-10-22(16-21)28-17-20-7-4-3-5-8-20/h3-10,13-16H,11-12,17H2,1-2H3,(H,25,26). The van der Waals surface area contributed by atoms with Crippen LogP contribution in [0.2, 0.25) is 0 Å². The molecule has 3 rings (SSSR count). The molecule has 3 aromatic rings. The van der Waals surface area contributed by atoms with Crippen molar-refractivity contribution in [2.75, 3.05) is 13.2 Å². The number of hydrogen-bond donors (Lipinski definition) is 1. The van der Waals surface area contributed by atoms with Gasteiger partial charge in [0.1, 0.15) is 24.7 Å². The molecule has 0 saturated carbocycles. The zero-order chi connectivity index (χ0) is 19.8. The molecule has 144 valence electrons. The maximum atomic E-state index is 12.4. The van der Waals surface area contributed by atoms with Gasteiger partial charge in [-0.1, -0.05) is 42.5 Å². The lowest BCUT2D eigenvalue weighted by Gasteiger charge is -2.10. The zero-order valence-corrected chi connectivity index (χ0v) is 16.3. The summed E-state index contributed by atoms with van der Waals surface area (Å²) >= 11 is 0. The third kappa shape index (κ3) is 5.88. The van der Waals surface area contributed by atoms with E-state index in [-0.39, 0.29) is 5.91 Å². The van der Waals surface area contributed by atoms with Crippen LogP contribution in [0.1, 0.15) is 27.0 Å². The van der Waals surface area contributed by atoms with Crippen molar-refractivity contribution < 1.29 is 14.3 Å². The van der Waals surface area contributed by atoms with Gasteiger partial charge >= 0.3 is 0 Å². The molecule has 0 unspecified atom stereocenters. The minimum absolute atomic E-state index is 0.144. The summed E-state index contributed by atoms with van der Waals surface area (Å²) in [4.78, 5) is 12.4. The summed E-state index contributed by atoms with van der Waals surface area (Å²) in [6, 6.07) is 23.2. The lowest BCUT2D eigenvalue weighted by molar-refractivity contribution is 0.0946. The normalized spacial score (nSPS) is 10.4. The number of carbonyl (C=O) groups is 1. The molecule has 0 saturated heterocycles. The summed E-state index contributed by atoms with van der Waals surface area (Å²) in [6.45, 7) is 5.39. The molecule has 0 spiro atoms. The third-order valence-corrected chi connectivity index (χ3v) is 4.20. The molecule has 0 radical (unpaired) electrons. The first-order chi connectivity index (χ1) is 13.6. The van der Waals surface area contributed by atoms with Gasteiger partial charge in [0.05, 0.1) is 6.54 Å². The number of amides is 1. The second-order valence-corrected chi connectivity index (χ2v) is 6.73. The first-order valence-corrected chi connectivity index (χ1v) is 9.36. The minimum Gasteiger partial charge on any atom is -0.492 e. The maximum Gasteiger partial charge on any atom is 0.251 e. The fourth-order valence-electron chi connectivity index (χ4n) is 2.92. The van der Waals surface area contributed by atoms with Crippen LogP contribution in [0.4, 0.5) is 0 Å². The monoisotopic (exact) mass is 375 g/mol. The molecular formula is C24H25NO3.